The van der Waals surface area contributed by atoms with Gasteiger partial charge in [0, 0.05) is 17.8 Å². The highest BCUT2D eigenvalue weighted by molar-refractivity contribution is 5.86. The molecule has 1 heterocycles. The lowest BCUT2D eigenvalue weighted by Crippen LogP contribution is -2.42. The van der Waals surface area contributed by atoms with Crippen LogP contribution in [-0.4, -0.2) is 34.4 Å². The summed E-state index contributed by atoms with van der Waals surface area (Å²) < 4.78 is 2.40. The van der Waals surface area contributed by atoms with E-state index < -0.39 is 0 Å². The molecule has 2 aliphatic carbocycles. The smallest absolute Gasteiger partial charge is 0.268 e. The van der Waals surface area contributed by atoms with Crippen LogP contribution in [0, 0.1) is 29.6 Å². The lowest BCUT2D eigenvalue weighted by molar-refractivity contribution is -0.687. The van der Waals surface area contributed by atoms with Crippen LogP contribution >= 0.6 is 0 Å². The van der Waals surface area contributed by atoms with Crippen LogP contribution in [0.4, 0.5) is 0 Å². The second kappa shape index (κ2) is 4.32. The molecule has 0 aromatic rings. The van der Waals surface area contributed by atoms with Crippen molar-refractivity contribution in [2.75, 3.05) is 7.05 Å². The Labute approximate surface area is 116 Å². The minimum absolute atomic E-state index is 0.288. The number of hydrogen-bond donors (Lipinski definition) is 0. The van der Waals surface area contributed by atoms with Gasteiger partial charge in [-0.1, -0.05) is 27.7 Å². The van der Waals surface area contributed by atoms with Crippen molar-refractivity contribution in [1.29, 1.82) is 0 Å². The lowest BCUT2D eigenvalue weighted by atomic mass is 9.84. The molecule has 0 spiro atoms. The van der Waals surface area contributed by atoms with E-state index in [0.29, 0.717) is 29.7 Å². The zero-order valence-corrected chi connectivity index (χ0v) is 12.9. The Bertz CT molecular complexity index is 428. The van der Waals surface area contributed by atoms with Crippen molar-refractivity contribution in [3.05, 3.63) is 0 Å². The van der Waals surface area contributed by atoms with Crippen LogP contribution in [0.25, 0.3) is 0 Å². The van der Waals surface area contributed by atoms with Gasteiger partial charge in [-0.2, -0.15) is 0 Å². The minimum atomic E-state index is 0.288. The molecule has 2 bridgehead atoms. The van der Waals surface area contributed by atoms with E-state index in [-0.39, 0.29) is 5.92 Å². The molecule has 0 N–H and O–H groups in total. The highest BCUT2D eigenvalue weighted by atomic mass is 16.2. The minimum Gasteiger partial charge on any atom is -0.268 e. The summed E-state index contributed by atoms with van der Waals surface area (Å²) in [6.07, 6.45) is 3.89. The van der Waals surface area contributed by atoms with Gasteiger partial charge in [0.15, 0.2) is 11.8 Å². The van der Waals surface area contributed by atoms with Gasteiger partial charge in [-0.25, -0.2) is 0 Å². The Morgan fingerprint density at radius 3 is 2.32 bits per heavy atom. The average molecular weight is 263 g/mol. The Hall–Kier alpha value is -0.860. The van der Waals surface area contributed by atoms with Crippen molar-refractivity contribution in [3.63, 3.8) is 0 Å². The van der Waals surface area contributed by atoms with Gasteiger partial charge in [0.1, 0.15) is 5.92 Å². The summed E-state index contributed by atoms with van der Waals surface area (Å²) in [5.74, 6) is 3.08. The van der Waals surface area contributed by atoms with Crippen LogP contribution in [0.1, 0.15) is 47.0 Å². The predicted molar refractivity (Wildman–Crippen MR) is 75.8 cm³/mol. The predicted octanol–water partition coefficient (Wildman–Crippen LogP) is 2.55. The molecule has 1 saturated heterocycles. The van der Waals surface area contributed by atoms with Gasteiger partial charge in [0.2, 0.25) is 0 Å². The molecule has 4 atom stereocenters. The van der Waals surface area contributed by atoms with Crippen molar-refractivity contribution in [1.82, 2.24) is 5.01 Å². The van der Waals surface area contributed by atoms with E-state index in [1.807, 2.05) is 12.1 Å². The van der Waals surface area contributed by atoms with E-state index in [9.17, 15) is 4.79 Å². The highest BCUT2D eigenvalue weighted by Gasteiger charge is 2.64. The van der Waals surface area contributed by atoms with Gasteiger partial charge in [-0.15, -0.1) is 9.69 Å². The summed E-state index contributed by atoms with van der Waals surface area (Å²) >= 11 is 0. The number of rotatable bonds is 2. The molecule has 0 aromatic heterocycles. The maximum absolute atomic E-state index is 12.6. The zero-order valence-electron chi connectivity index (χ0n) is 12.9. The summed E-state index contributed by atoms with van der Waals surface area (Å²) in [6.45, 7) is 9.03. The van der Waals surface area contributed by atoms with Crippen molar-refractivity contribution < 1.29 is 9.48 Å². The first-order valence-electron chi connectivity index (χ1n) is 7.87. The number of hydrogen-bond acceptors (Lipinski definition) is 1. The molecule has 2 saturated carbocycles. The van der Waals surface area contributed by atoms with Crippen molar-refractivity contribution in [2.24, 2.45) is 29.6 Å². The maximum atomic E-state index is 12.6. The second-order valence-corrected chi connectivity index (χ2v) is 7.29. The first-order chi connectivity index (χ1) is 8.93. The molecule has 0 unspecified atom stereocenters. The van der Waals surface area contributed by atoms with Gasteiger partial charge >= 0.3 is 0 Å². The molecule has 3 heteroatoms. The summed E-state index contributed by atoms with van der Waals surface area (Å²) in [7, 11) is 1.98. The fourth-order valence-electron chi connectivity index (χ4n) is 5.02. The van der Waals surface area contributed by atoms with Crippen LogP contribution in [-0.2, 0) is 4.79 Å². The van der Waals surface area contributed by atoms with E-state index in [2.05, 4.69) is 32.4 Å². The molecule has 3 nitrogen and oxygen atoms in total. The number of carbonyl (C=O) groups excluding carboxylic acids is 1. The fourth-order valence-corrected chi connectivity index (χ4v) is 5.02. The first-order valence-corrected chi connectivity index (χ1v) is 7.87. The normalized spacial score (nSPS) is 36.9. The Kier molecular flexibility index (Phi) is 2.99. The lowest BCUT2D eigenvalue weighted by Gasteiger charge is -2.22. The molecule has 3 fully saturated rings. The summed E-state index contributed by atoms with van der Waals surface area (Å²) in [5, 5.41) is 1.94. The largest absolute Gasteiger partial charge is 0.287 e. The Morgan fingerprint density at radius 1 is 1.16 bits per heavy atom. The van der Waals surface area contributed by atoms with Crippen LogP contribution in [0.5, 0.6) is 0 Å². The van der Waals surface area contributed by atoms with Crippen molar-refractivity contribution in [2.45, 2.75) is 53.0 Å². The molecular weight excluding hydrogens is 236 g/mol. The number of carbonyl (C=O) groups is 1. The fraction of sp³-hybridized carbons (Fsp3) is 0.875. The zero-order chi connectivity index (χ0) is 13.9. The number of fused-ring (bicyclic) bond motifs is 5. The third-order valence-electron chi connectivity index (χ3n) is 5.53. The van der Waals surface area contributed by atoms with Crippen LogP contribution < -0.4 is 0 Å². The highest BCUT2D eigenvalue weighted by Crippen LogP contribution is 2.53. The number of hydrazone groups is 1. The standard InChI is InChI=1S/C16H27N2O/c1-9(2)14(10(3)4)18-15-12-7-6-11(8-12)13(15)16(19)17(18)5/h9-13,15H,6-8H2,1-5H3/q+1/t11-,12+,13+,15-/m1/s1. The van der Waals surface area contributed by atoms with Gasteiger partial charge in [-0.05, 0) is 25.2 Å². The van der Waals surface area contributed by atoms with E-state index in [0.717, 1.165) is 5.92 Å². The molecule has 1 aliphatic heterocycles. The van der Waals surface area contributed by atoms with E-state index in [1.165, 1.54) is 25.0 Å². The second-order valence-electron chi connectivity index (χ2n) is 7.29. The average Bonchev–Trinajstić information content (AvgIpc) is 2.97. The van der Waals surface area contributed by atoms with Gasteiger partial charge in [0.05, 0.1) is 7.05 Å². The Morgan fingerprint density at radius 2 is 1.74 bits per heavy atom. The summed E-state index contributed by atoms with van der Waals surface area (Å²) in [4.78, 5) is 12.6. The Balaban J connectivity index is 2.10. The van der Waals surface area contributed by atoms with E-state index in [1.54, 1.807) is 0 Å². The van der Waals surface area contributed by atoms with Gasteiger partial charge in [0.25, 0.3) is 5.91 Å². The van der Waals surface area contributed by atoms with Gasteiger partial charge in [-0.3, -0.25) is 4.79 Å². The molecular formula is C16H27N2O+. The van der Waals surface area contributed by atoms with Crippen LogP contribution in [0.2, 0.25) is 0 Å². The third-order valence-corrected chi connectivity index (χ3v) is 5.53. The monoisotopic (exact) mass is 263 g/mol. The third kappa shape index (κ3) is 1.70. The summed E-state index contributed by atoms with van der Waals surface area (Å²) in [6, 6.07) is 0.469. The topological polar surface area (TPSA) is 23.3 Å². The molecule has 106 valence electrons. The van der Waals surface area contributed by atoms with Crippen molar-refractivity contribution >= 4 is 11.6 Å². The molecule has 1 amide bonds. The molecule has 3 rings (SSSR count). The first kappa shape index (κ1) is 13.1. The van der Waals surface area contributed by atoms with Crippen LogP contribution in [0.15, 0.2) is 0 Å². The van der Waals surface area contributed by atoms with Gasteiger partial charge < -0.3 is 0 Å². The number of nitrogens with zero attached hydrogens (tertiary/aromatic N) is 2. The maximum Gasteiger partial charge on any atom is 0.287 e. The summed E-state index contributed by atoms with van der Waals surface area (Å²) in [5.41, 5.74) is 1.44. The molecule has 0 radical (unpaired) electrons. The van der Waals surface area contributed by atoms with E-state index >= 15 is 0 Å². The molecule has 0 aromatic carbocycles. The van der Waals surface area contributed by atoms with E-state index in [4.69, 9.17) is 0 Å². The molecule has 3 aliphatic rings. The number of hydrazine groups is 1. The SMILES string of the molecule is CC(C)C(C(C)C)=[N+]1[C@@H]2[C@H]3CC[C@H](C3)[C@@H]2C(=O)N1C. The number of amides is 1. The molecule has 19 heavy (non-hydrogen) atoms. The van der Waals surface area contributed by atoms with Crippen LogP contribution in [0.3, 0.4) is 0 Å². The van der Waals surface area contributed by atoms with Crippen molar-refractivity contribution in [3.8, 4) is 0 Å². The quantitative estimate of drug-likeness (QED) is 0.702.